The van der Waals surface area contributed by atoms with Crippen LogP contribution in [0.25, 0.3) is 0 Å². The molecule has 1 aliphatic rings. The third-order valence-electron chi connectivity index (χ3n) is 3.55. The van der Waals surface area contributed by atoms with Crippen LogP contribution in [0.1, 0.15) is 25.1 Å². The van der Waals surface area contributed by atoms with E-state index in [0.717, 1.165) is 25.5 Å². The maximum Gasteiger partial charge on any atom is 0.240 e. The number of methoxy groups -OCH3 is 1. The Balaban J connectivity index is 0.00000200. The van der Waals surface area contributed by atoms with E-state index in [0.29, 0.717) is 30.9 Å². The highest BCUT2D eigenvalue weighted by Crippen LogP contribution is 2.25. The van der Waals surface area contributed by atoms with E-state index in [9.17, 15) is 0 Å². The maximum atomic E-state index is 5.26. The van der Waals surface area contributed by atoms with E-state index in [1.807, 2.05) is 0 Å². The number of hydrogen-bond donors (Lipinski definition) is 1. The molecule has 0 aromatic carbocycles. The topological polar surface area (TPSA) is 63.4 Å². The first-order valence-electron chi connectivity index (χ1n) is 6.81. The fourth-order valence-corrected chi connectivity index (χ4v) is 2.59. The molecule has 0 bridgehead atoms. The van der Waals surface area contributed by atoms with Crippen molar-refractivity contribution in [1.29, 1.82) is 0 Å². The molecule has 0 spiro atoms. The molecule has 1 aromatic heterocycles. The molecule has 7 heteroatoms. The van der Waals surface area contributed by atoms with Gasteiger partial charge in [0.1, 0.15) is 0 Å². The number of nitrogens with zero attached hydrogens (tertiary/aromatic N) is 3. The van der Waals surface area contributed by atoms with Crippen LogP contribution in [0.3, 0.4) is 0 Å². The van der Waals surface area contributed by atoms with Gasteiger partial charge in [-0.25, -0.2) is 0 Å². The van der Waals surface area contributed by atoms with Gasteiger partial charge in [-0.05, 0) is 25.4 Å². The molecule has 2 rings (SSSR count). The van der Waals surface area contributed by atoms with Gasteiger partial charge in [0.2, 0.25) is 5.89 Å². The van der Waals surface area contributed by atoms with Gasteiger partial charge in [0.05, 0.1) is 13.2 Å². The SMILES string of the molecule is COCCc1noc(CN(C)CC2(C)CCNC2)n1.Cl. The van der Waals surface area contributed by atoms with Crippen LogP contribution in [0, 0.1) is 5.41 Å². The molecule has 0 radical (unpaired) electrons. The molecule has 1 aromatic rings. The van der Waals surface area contributed by atoms with Crippen LogP contribution in [0.2, 0.25) is 0 Å². The Labute approximate surface area is 126 Å². The van der Waals surface area contributed by atoms with Crippen molar-refractivity contribution in [3.63, 3.8) is 0 Å². The van der Waals surface area contributed by atoms with Crippen molar-refractivity contribution in [1.82, 2.24) is 20.4 Å². The summed E-state index contributed by atoms with van der Waals surface area (Å²) >= 11 is 0. The molecule has 1 saturated heterocycles. The summed E-state index contributed by atoms with van der Waals surface area (Å²) < 4.78 is 10.3. The van der Waals surface area contributed by atoms with Gasteiger partial charge in [0.25, 0.3) is 0 Å². The van der Waals surface area contributed by atoms with Crippen molar-refractivity contribution in [2.75, 3.05) is 40.4 Å². The van der Waals surface area contributed by atoms with E-state index in [4.69, 9.17) is 9.26 Å². The summed E-state index contributed by atoms with van der Waals surface area (Å²) in [5.41, 5.74) is 0.355. The van der Waals surface area contributed by atoms with E-state index >= 15 is 0 Å². The Hall–Kier alpha value is -0.690. The largest absolute Gasteiger partial charge is 0.384 e. The van der Waals surface area contributed by atoms with Gasteiger partial charge in [-0.15, -0.1) is 12.4 Å². The minimum absolute atomic E-state index is 0. The zero-order valence-corrected chi connectivity index (χ0v) is 13.3. The molecule has 20 heavy (non-hydrogen) atoms. The fraction of sp³-hybridized carbons (Fsp3) is 0.846. The molecule has 1 aliphatic heterocycles. The van der Waals surface area contributed by atoms with Gasteiger partial charge in [0.15, 0.2) is 5.82 Å². The molecule has 1 fully saturated rings. The van der Waals surface area contributed by atoms with Crippen LogP contribution in [-0.4, -0.2) is 55.4 Å². The highest BCUT2D eigenvalue weighted by Gasteiger charge is 2.30. The Bertz CT molecular complexity index is 393. The predicted octanol–water partition coefficient (Wildman–Crippen LogP) is 1.11. The van der Waals surface area contributed by atoms with E-state index < -0.39 is 0 Å². The number of hydrogen-bond acceptors (Lipinski definition) is 6. The molecule has 0 aliphatic carbocycles. The summed E-state index contributed by atoms with van der Waals surface area (Å²) in [4.78, 5) is 6.62. The highest BCUT2D eigenvalue weighted by atomic mass is 35.5. The Morgan fingerprint density at radius 3 is 2.95 bits per heavy atom. The molecular formula is C13H25ClN4O2. The third-order valence-corrected chi connectivity index (χ3v) is 3.55. The summed E-state index contributed by atoms with van der Waals surface area (Å²) in [7, 11) is 3.77. The van der Waals surface area contributed by atoms with Crippen LogP contribution in [-0.2, 0) is 17.7 Å². The summed E-state index contributed by atoms with van der Waals surface area (Å²) in [5, 5.41) is 7.37. The lowest BCUT2D eigenvalue weighted by atomic mass is 9.89. The molecule has 2 heterocycles. The second-order valence-electron chi connectivity index (χ2n) is 5.76. The third kappa shape index (κ3) is 5.01. The first-order valence-corrected chi connectivity index (χ1v) is 6.81. The number of halogens is 1. The Morgan fingerprint density at radius 1 is 1.50 bits per heavy atom. The Kier molecular flexibility index (Phi) is 6.88. The van der Waals surface area contributed by atoms with Crippen molar-refractivity contribution < 1.29 is 9.26 Å². The molecule has 0 amide bonds. The zero-order chi connectivity index (χ0) is 13.7. The van der Waals surface area contributed by atoms with Crippen molar-refractivity contribution in [3.8, 4) is 0 Å². The summed E-state index contributed by atoms with van der Waals surface area (Å²) in [6, 6.07) is 0. The number of aromatic nitrogens is 2. The quantitative estimate of drug-likeness (QED) is 0.814. The Morgan fingerprint density at radius 2 is 2.30 bits per heavy atom. The summed E-state index contributed by atoms with van der Waals surface area (Å²) in [5.74, 6) is 1.40. The standard InChI is InChI=1S/C13H24N4O2.ClH/c1-13(5-6-14-9-13)10-17(2)8-12-15-11(16-19-12)4-7-18-3;/h14H,4-10H2,1-3H3;1H. The molecule has 116 valence electrons. The summed E-state index contributed by atoms with van der Waals surface area (Å²) in [6.07, 6.45) is 1.92. The predicted molar refractivity (Wildman–Crippen MR) is 79.1 cm³/mol. The fourth-order valence-electron chi connectivity index (χ4n) is 2.59. The van der Waals surface area contributed by atoms with Crippen molar-refractivity contribution in [2.24, 2.45) is 5.41 Å². The van der Waals surface area contributed by atoms with Crippen LogP contribution in [0.5, 0.6) is 0 Å². The molecule has 6 nitrogen and oxygen atoms in total. The minimum atomic E-state index is 0. The van der Waals surface area contributed by atoms with E-state index in [1.54, 1.807) is 7.11 Å². The second kappa shape index (κ2) is 7.93. The van der Waals surface area contributed by atoms with E-state index in [1.165, 1.54) is 6.42 Å². The average Bonchev–Trinajstić information content (AvgIpc) is 2.96. The second-order valence-corrected chi connectivity index (χ2v) is 5.76. The first kappa shape index (κ1) is 17.4. The first-order chi connectivity index (χ1) is 9.11. The van der Waals surface area contributed by atoms with Gasteiger partial charge in [-0.2, -0.15) is 4.98 Å². The maximum absolute atomic E-state index is 5.26. The molecular weight excluding hydrogens is 280 g/mol. The van der Waals surface area contributed by atoms with Gasteiger partial charge >= 0.3 is 0 Å². The van der Waals surface area contributed by atoms with Crippen LogP contribution in [0.4, 0.5) is 0 Å². The van der Waals surface area contributed by atoms with Crippen LogP contribution < -0.4 is 5.32 Å². The molecule has 1 unspecified atom stereocenters. The van der Waals surface area contributed by atoms with Gasteiger partial charge < -0.3 is 14.6 Å². The van der Waals surface area contributed by atoms with Crippen molar-refractivity contribution >= 4 is 12.4 Å². The van der Waals surface area contributed by atoms with Crippen LogP contribution in [0.15, 0.2) is 4.52 Å². The lowest BCUT2D eigenvalue weighted by Gasteiger charge is -2.28. The molecule has 1 atom stereocenters. The smallest absolute Gasteiger partial charge is 0.240 e. The minimum Gasteiger partial charge on any atom is -0.384 e. The average molecular weight is 305 g/mol. The van der Waals surface area contributed by atoms with E-state index in [-0.39, 0.29) is 12.4 Å². The van der Waals surface area contributed by atoms with Crippen LogP contribution >= 0.6 is 12.4 Å². The molecule has 1 N–H and O–H groups in total. The summed E-state index contributed by atoms with van der Waals surface area (Å²) in [6.45, 7) is 6.89. The van der Waals surface area contributed by atoms with Gasteiger partial charge in [-0.3, -0.25) is 4.90 Å². The van der Waals surface area contributed by atoms with Gasteiger partial charge in [-0.1, -0.05) is 12.1 Å². The number of rotatable bonds is 7. The lowest BCUT2D eigenvalue weighted by molar-refractivity contribution is 0.184. The highest BCUT2D eigenvalue weighted by molar-refractivity contribution is 5.85. The van der Waals surface area contributed by atoms with Crippen molar-refractivity contribution in [3.05, 3.63) is 11.7 Å². The monoisotopic (exact) mass is 304 g/mol. The molecule has 0 saturated carbocycles. The lowest BCUT2D eigenvalue weighted by Crippen LogP contribution is -2.34. The number of ether oxygens (including phenoxy) is 1. The van der Waals surface area contributed by atoms with Crippen molar-refractivity contribution in [2.45, 2.75) is 26.3 Å². The normalized spacial score (nSPS) is 22.2. The zero-order valence-electron chi connectivity index (χ0n) is 12.5. The number of nitrogens with one attached hydrogen (secondary N) is 1. The van der Waals surface area contributed by atoms with Gasteiger partial charge in [0, 0.05) is 26.6 Å². The van der Waals surface area contributed by atoms with E-state index in [2.05, 4.69) is 34.3 Å².